The van der Waals surface area contributed by atoms with Crippen LogP contribution in [0.1, 0.15) is 25.7 Å². The first kappa shape index (κ1) is 9.28. The summed E-state index contributed by atoms with van der Waals surface area (Å²) >= 11 is 0. The maximum absolute atomic E-state index is 10.1. The molecule has 1 aliphatic rings. The van der Waals surface area contributed by atoms with E-state index in [9.17, 15) is 4.79 Å². The lowest BCUT2D eigenvalue weighted by atomic mass is 9.89. The molecule has 0 aromatic heterocycles. The Labute approximate surface area is 70.7 Å². The SMILES string of the molecule is NC1(N)CCC(OC(=O)O)CC1. The van der Waals surface area contributed by atoms with Gasteiger partial charge in [-0.3, -0.25) is 0 Å². The van der Waals surface area contributed by atoms with Crippen LogP contribution in [0.3, 0.4) is 0 Å². The van der Waals surface area contributed by atoms with E-state index >= 15 is 0 Å². The Bertz CT molecular complexity index is 171. The van der Waals surface area contributed by atoms with Crippen molar-refractivity contribution in [2.45, 2.75) is 37.5 Å². The minimum Gasteiger partial charge on any atom is -0.450 e. The highest BCUT2D eigenvalue weighted by Crippen LogP contribution is 2.24. The molecule has 1 rings (SSSR count). The summed E-state index contributed by atoms with van der Waals surface area (Å²) < 4.78 is 4.59. The van der Waals surface area contributed by atoms with Crippen LogP contribution in [-0.2, 0) is 4.74 Å². The van der Waals surface area contributed by atoms with Crippen LogP contribution >= 0.6 is 0 Å². The van der Waals surface area contributed by atoms with E-state index in [1.54, 1.807) is 0 Å². The summed E-state index contributed by atoms with van der Waals surface area (Å²) in [6, 6.07) is 0. The molecule has 0 aromatic carbocycles. The maximum Gasteiger partial charge on any atom is 0.506 e. The standard InChI is InChI=1S/C7H14N2O3/c8-7(9)3-1-5(2-4-7)12-6(10)11/h5H,1-4,8-9H2,(H,10,11). The van der Waals surface area contributed by atoms with Crippen molar-refractivity contribution >= 4 is 6.16 Å². The average Bonchev–Trinajstić information content (AvgIpc) is 1.93. The second-order valence-corrected chi connectivity index (χ2v) is 3.32. The van der Waals surface area contributed by atoms with E-state index in [-0.39, 0.29) is 6.10 Å². The molecule has 5 nitrogen and oxygen atoms in total. The fourth-order valence-electron chi connectivity index (χ4n) is 1.39. The van der Waals surface area contributed by atoms with Crippen molar-refractivity contribution in [3.8, 4) is 0 Å². The number of carboxylic acid groups (broad SMARTS) is 1. The van der Waals surface area contributed by atoms with Crippen LogP contribution in [0.2, 0.25) is 0 Å². The molecule has 0 heterocycles. The number of rotatable bonds is 1. The third kappa shape index (κ3) is 2.67. The molecule has 0 unspecified atom stereocenters. The molecule has 1 saturated carbocycles. The van der Waals surface area contributed by atoms with Gasteiger partial charge in [-0.1, -0.05) is 0 Å². The lowest BCUT2D eigenvalue weighted by molar-refractivity contribution is 0.0251. The lowest BCUT2D eigenvalue weighted by Gasteiger charge is -2.32. The van der Waals surface area contributed by atoms with Crippen molar-refractivity contribution < 1.29 is 14.6 Å². The maximum atomic E-state index is 10.1. The molecule has 12 heavy (non-hydrogen) atoms. The predicted molar refractivity (Wildman–Crippen MR) is 42.5 cm³/mol. The predicted octanol–water partition coefficient (Wildman–Crippen LogP) is 0.237. The first-order valence-corrected chi connectivity index (χ1v) is 3.97. The third-order valence-electron chi connectivity index (χ3n) is 2.13. The van der Waals surface area contributed by atoms with E-state index in [2.05, 4.69) is 4.74 Å². The summed E-state index contributed by atoms with van der Waals surface area (Å²) in [7, 11) is 0. The quantitative estimate of drug-likeness (QED) is 0.390. The first-order chi connectivity index (χ1) is 5.49. The topological polar surface area (TPSA) is 98.6 Å². The molecule has 0 aliphatic heterocycles. The van der Waals surface area contributed by atoms with Crippen molar-refractivity contribution in [3.05, 3.63) is 0 Å². The molecule has 0 aromatic rings. The second kappa shape index (κ2) is 3.28. The molecule has 0 atom stereocenters. The second-order valence-electron chi connectivity index (χ2n) is 3.32. The van der Waals surface area contributed by atoms with Gasteiger partial charge in [-0.2, -0.15) is 0 Å². The summed E-state index contributed by atoms with van der Waals surface area (Å²) in [6.07, 6.45) is 1.04. The number of hydrogen-bond acceptors (Lipinski definition) is 4. The highest BCUT2D eigenvalue weighted by atomic mass is 16.7. The average molecular weight is 174 g/mol. The summed E-state index contributed by atoms with van der Waals surface area (Å²) in [6.45, 7) is 0. The van der Waals surface area contributed by atoms with E-state index in [1.807, 2.05) is 0 Å². The van der Waals surface area contributed by atoms with Crippen LogP contribution in [0.5, 0.6) is 0 Å². The zero-order valence-corrected chi connectivity index (χ0v) is 6.82. The Morgan fingerprint density at radius 3 is 2.33 bits per heavy atom. The van der Waals surface area contributed by atoms with Gasteiger partial charge in [0.05, 0.1) is 5.66 Å². The van der Waals surface area contributed by atoms with Crippen molar-refractivity contribution in [3.63, 3.8) is 0 Å². The third-order valence-corrected chi connectivity index (χ3v) is 2.13. The molecular weight excluding hydrogens is 160 g/mol. The Morgan fingerprint density at radius 1 is 1.42 bits per heavy atom. The lowest BCUT2D eigenvalue weighted by Crippen LogP contribution is -2.52. The van der Waals surface area contributed by atoms with Crippen LogP contribution < -0.4 is 11.5 Å². The molecule has 1 aliphatic carbocycles. The minimum atomic E-state index is -1.22. The van der Waals surface area contributed by atoms with Crippen LogP contribution in [0.15, 0.2) is 0 Å². The fourth-order valence-corrected chi connectivity index (χ4v) is 1.39. The van der Waals surface area contributed by atoms with Crippen molar-refractivity contribution in [1.29, 1.82) is 0 Å². The summed E-state index contributed by atoms with van der Waals surface area (Å²) in [5.41, 5.74) is 10.7. The van der Waals surface area contributed by atoms with Gasteiger partial charge >= 0.3 is 6.16 Å². The van der Waals surface area contributed by atoms with Gasteiger partial charge < -0.3 is 21.3 Å². The summed E-state index contributed by atoms with van der Waals surface area (Å²) in [4.78, 5) is 10.1. The monoisotopic (exact) mass is 174 g/mol. The molecule has 0 radical (unpaired) electrons. The van der Waals surface area contributed by atoms with Gasteiger partial charge in [0, 0.05) is 0 Å². The van der Waals surface area contributed by atoms with Crippen LogP contribution in [-0.4, -0.2) is 23.0 Å². The van der Waals surface area contributed by atoms with E-state index in [1.165, 1.54) is 0 Å². The minimum absolute atomic E-state index is 0.220. The molecule has 0 amide bonds. The summed E-state index contributed by atoms with van der Waals surface area (Å²) in [5, 5.41) is 8.31. The number of carbonyl (C=O) groups is 1. The van der Waals surface area contributed by atoms with Gasteiger partial charge in [0.2, 0.25) is 0 Å². The smallest absolute Gasteiger partial charge is 0.450 e. The largest absolute Gasteiger partial charge is 0.506 e. The summed E-state index contributed by atoms with van der Waals surface area (Å²) in [5.74, 6) is 0. The van der Waals surface area contributed by atoms with E-state index < -0.39 is 11.8 Å². The normalized spacial score (nSPS) is 23.5. The molecule has 5 heteroatoms. The van der Waals surface area contributed by atoms with Crippen LogP contribution in [0.4, 0.5) is 4.79 Å². The molecule has 0 bridgehead atoms. The highest BCUT2D eigenvalue weighted by Gasteiger charge is 2.29. The van der Waals surface area contributed by atoms with Gasteiger partial charge in [0.15, 0.2) is 0 Å². The molecule has 0 saturated heterocycles. The molecular formula is C7H14N2O3. The molecule has 0 spiro atoms. The van der Waals surface area contributed by atoms with Gasteiger partial charge in [-0.25, -0.2) is 4.79 Å². The number of nitrogens with two attached hydrogens (primary N) is 2. The van der Waals surface area contributed by atoms with Crippen molar-refractivity contribution in [2.75, 3.05) is 0 Å². The molecule has 1 fully saturated rings. The Balaban J connectivity index is 2.31. The van der Waals surface area contributed by atoms with Crippen LogP contribution in [0, 0.1) is 0 Å². The van der Waals surface area contributed by atoms with E-state index in [0.717, 1.165) is 0 Å². The number of ether oxygens (including phenoxy) is 1. The van der Waals surface area contributed by atoms with Gasteiger partial charge in [0.1, 0.15) is 6.10 Å². The van der Waals surface area contributed by atoms with Crippen molar-refractivity contribution in [2.24, 2.45) is 11.5 Å². The van der Waals surface area contributed by atoms with Gasteiger partial charge in [-0.05, 0) is 25.7 Å². The van der Waals surface area contributed by atoms with Crippen LogP contribution in [0.25, 0.3) is 0 Å². The van der Waals surface area contributed by atoms with Gasteiger partial charge in [0.25, 0.3) is 0 Å². The van der Waals surface area contributed by atoms with Crippen molar-refractivity contribution in [1.82, 2.24) is 0 Å². The Hall–Kier alpha value is -0.810. The fraction of sp³-hybridized carbons (Fsp3) is 0.857. The highest BCUT2D eigenvalue weighted by molar-refractivity contribution is 5.57. The van der Waals surface area contributed by atoms with E-state index in [0.29, 0.717) is 25.7 Å². The van der Waals surface area contributed by atoms with Gasteiger partial charge in [-0.15, -0.1) is 0 Å². The van der Waals surface area contributed by atoms with E-state index in [4.69, 9.17) is 16.6 Å². The first-order valence-electron chi connectivity index (χ1n) is 3.97. The molecule has 70 valence electrons. The zero-order chi connectivity index (χ0) is 9.19. The molecule has 5 N–H and O–H groups in total. The zero-order valence-electron chi connectivity index (χ0n) is 6.82. The number of hydrogen-bond donors (Lipinski definition) is 3. The Kier molecular flexibility index (Phi) is 2.54. The Morgan fingerprint density at radius 2 is 1.92 bits per heavy atom.